The molecule has 0 saturated carbocycles. The van der Waals surface area contributed by atoms with Crippen LogP contribution in [-0.2, 0) is 0 Å². The molecule has 5 heteroatoms. The lowest BCUT2D eigenvalue weighted by Gasteiger charge is -2.20. The third kappa shape index (κ3) is 3.60. The fourth-order valence-corrected chi connectivity index (χ4v) is 2.37. The Labute approximate surface area is 121 Å². The van der Waals surface area contributed by atoms with E-state index < -0.39 is 0 Å². The van der Waals surface area contributed by atoms with Gasteiger partial charge in [0.15, 0.2) is 0 Å². The fourth-order valence-electron chi connectivity index (χ4n) is 1.83. The van der Waals surface area contributed by atoms with Crippen LogP contribution in [0.15, 0.2) is 42.5 Å². The van der Waals surface area contributed by atoms with Gasteiger partial charge in [-0.15, -0.1) is 0 Å². The highest BCUT2D eigenvalue weighted by Gasteiger charge is 2.13. The summed E-state index contributed by atoms with van der Waals surface area (Å²) in [5, 5.41) is 4.25. The molecule has 0 heterocycles. The number of nitrogens with one attached hydrogen (secondary N) is 1. The van der Waals surface area contributed by atoms with Gasteiger partial charge in [0.05, 0.1) is 6.04 Å². The predicted molar refractivity (Wildman–Crippen MR) is 78.3 cm³/mol. The van der Waals surface area contributed by atoms with Crippen molar-refractivity contribution >= 4 is 28.9 Å². The molecule has 100 valence electrons. The SMILES string of the molecule is NCC(Nc1cccc(F)c1)c1ccc(Cl)cc1Cl. The Morgan fingerprint density at radius 2 is 1.95 bits per heavy atom. The molecule has 3 N–H and O–H groups in total. The van der Waals surface area contributed by atoms with Gasteiger partial charge in [-0.05, 0) is 35.9 Å². The summed E-state index contributed by atoms with van der Waals surface area (Å²) in [7, 11) is 0. The van der Waals surface area contributed by atoms with Gasteiger partial charge in [0.1, 0.15) is 5.82 Å². The minimum absolute atomic E-state index is 0.202. The first-order chi connectivity index (χ1) is 9.10. The highest BCUT2D eigenvalue weighted by Crippen LogP contribution is 2.28. The maximum atomic E-state index is 13.1. The number of hydrogen-bond acceptors (Lipinski definition) is 2. The van der Waals surface area contributed by atoms with Crippen molar-refractivity contribution < 1.29 is 4.39 Å². The molecule has 0 amide bonds. The van der Waals surface area contributed by atoms with Crippen LogP contribution in [0.3, 0.4) is 0 Å². The predicted octanol–water partition coefficient (Wildman–Crippen LogP) is 4.24. The molecule has 0 fully saturated rings. The summed E-state index contributed by atoms with van der Waals surface area (Å²) >= 11 is 12.0. The topological polar surface area (TPSA) is 38.0 Å². The highest BCUT2D eigenvalue weighted by molar-refractivity contribution is 6.35. The maximum Gasteiger partial charge on any atom is 0.125 e. The number of benzene rings is 2. The summed E-state index contributed by atoms with van der Waals surface area (Å²) in [5.74, 6) is -0.303. The van der Waals surface area contributed by atoms with E-state index in [9.17, 15) is 4.39 Å². The Hall–Kier alpha value is -1.29. The van der Waals surface area contributed by atoms with E-state index in [1.807, 2.05) is 6.07 Å². The Bertz CT molecular complexity index is 575. The molecular weight excluding hydrogens is 286 g/mol. The lowest BCUT2D eigenvalue weighted by molar-refractivity contribution is 0.627. The first kappa shape index (κ1) is 14.1. The van der Waals surface area contributed by atoms with Crippen molar-refractivity contribution in [3.63, 3.8) is 0 Å². The normalized spacial score (nSPS) is 12.2. The molecule has 1 atom stereocenters. The van der Waals surface area contributed by atoms with E-state index in [1.54, 1.807) is 24.3 Å². The van der Waals surface area contributed by atoms with Crippen molar-refractivity contribution in [1.29, 1.82) is 0 Å². The second kappa shape index (κ2) is 6.24. The zero-order chi connectivity index (χ0) is 13.8. The molecule has 0 spiro atoms. The lowest BCUT2D eigenvalue weighted by Crippen LogP contribution is -2.21. The average molecular weight is 299 g/mol. The second-order valence-electron chi connectivity index (χ2n) is 4.11. The van der Waals surface area contributed by atoms with E-state index in [2.05, 4.69) is 5.32 Å². The molecule has 2 nitrogen and oxygen atoms in total. The van der Waals surface area contributed by atoms with Crippen LogP contribution < -0.4 is 11.1 Å². The van der Waals surface area contributed by atoms with Gasteiger partial charge in [-0.3, -0.25) is 0 Å². The van der Waals surface area contributed by atoms with Crippen LogP contribution in [0.25, 0.3) is 0 Å². The van der Waals surface area contributed by atoms with E-state index >= 15 is 0 Å². The summed E-state index contributed by atoms with van der Waals surface area (Å²) in [6.45, 7) is 0.331. The fraction of sp³-hybridized carbons (Fsp3) is 0.143. The first-order valence-corrected chi connectivity index (χ1v) is 6.53. The van der Waals surface area contributed by atoms with Crippen LogP contribution in [0.4, 0.5) is 10.1 Å². The van der Waals surface area contributed by atoms with Crippen molar-refractivity contribution in [3.05, 3.63) is 63.9 Å². The monoisotopic (exact) mass is 298 g/mol. The zero-order valence-corrected chi connectivity index (χ0v) is 11.5. The van der Waals surface area contributed by atoms with Crippen molar-refractivity contribution in [1.82, 2.24) is 0 Å². The van der Waals surface area contributed by atoms with E-state index in [0.717, 1.165) is 5.56 Å². The van der Waals surface area contributed by atoms with Gasteiger partial charge >= 0.3 is 0 Å². The molecule has 2 aromatic carbocycles. The summed E-state index contributed by atoms with van der Waals surface area (Å²) in [4.78, 5) is 0. The molecule has 0 aliphatic heterocycles. The zero-order valence-electron chi connectivity index (χ0n) is 10.0. The van der Waals surface area contributed by atoms with Gasteiger partial charge in [-0.1, -0.05) is 35.3 Å². The average Bonchev–Trinajstić information content (AvgIpc) is 2.37. The van der Waals surface area contributed by atoms with Crippen LogP contribution in [0.2, 0.25) is 10.0 Å². The van der Waals surface area contributed by atoms with Crippen LogP contribution in [0.1, 0.15) is 11.6 Å². The molecule has 0 aliphatic rings. The molecule has 1 unspecified atom stereocenters. The van der Waals surface area contributed by atoms with Crippen molar-refractivity contribution in [2.75, 3.05) is 11.9 Å². The Morgan fingerprint density at radius 3 is 2.58 bits per heavy atom. The van der Waals surface area contributed by atoms with E-state index in [4.69, 9.17) is 28.9 Å². The van der Waals surface area contributed by atoms with Crippen molar-refractivity contribution in [2.45, 2.75) is 6.04 Å². The lowest BCUT2D eigenvalue weighted by atomic mass is 10.1. The van der Waals surface area contributed by atoms with Crippen LogP contribution >= 0.6 is 23.2 Å². The van der Waals surface area contributed by atoms with Crippen molar-refractivity contribution in [2.24, 2.45) is 5.73 Å². The standard InChI is InChI=1S/C14H13Cl2FN2/c15-9-4-5-12(13(16)6-9)14(8-18)19-11-3-1-2-10(17)7-11/h1-7,14,19H,8,18H2. The molecule has 0 bridgehead atoms. The summed E-state index contributed by atoms with van der Waals surface area (Å²) < 4.78 is 13.1. The Balaban J connectivity index is 2.25. The minimum Gasteiger partial charge on any atom is -0.377 e. The number of hydrogen-bond donors (Lipinski definition) is 2. The summed E-state index contributed by atoms with van der Waals surface area (Å²) in [5.41, 5.74) is 7.24. The number of nitrogens with two attached hydrogens (primary N) is 1. The maximum absolute atomic E-state index is 13.1. The molecule has 0 saturated heterocycles. The van der Waals surface area contributed by atoms with E-state index in [-0.39, 0.29) is 11.9 Å². The van der Waals surface area contributed by atoms with Crippen LogP contribution in [-0.4, -0.2) is 6.54 Å². The molecule has 19 heavy (non-hydrogen) atoms. The summed E-state index contributed by atoms with van der Waals surface area (Å²) in [6.07, 6.45) is 0. The number of anilines is 1. The Morgan fingerprint density at radius 1 is 1.16 bits per heavy atom. The Kier molecular flexibility index (Phi) is 4.64. The molecule has 0 aliphatic carbocycles. The molecule has 2 aromatic rings. The van der Waals surface area contributed by atoms with Crippen molar-refractivity contribution in [3.8, 4) is 0 Å². The van der Waals surface area contributed by atoms with Gasteiger partial charge in [0.25, 0.3) is 0 Å². The van der Waals surface area contributed by atoms with Gasteiger partial charge in [0.2, 0.25) is 0 Å². The molecule has 0 aromatic heterocycles. The largest absolute Gasteiger partial charge is 0.377 e. The van der Waals surface area contributed by atoms with Gasteiger partial charge in [-0.25, -0.2) is 4.39 Å². The quantitative estimate of drug-likeness (QED) is 0.886. The molecular formula is C14H13Cl2FN2. The highest BCUT2D eigenvalue weighted by atomic mass is 35.5. The molecule has 2 rings (SSSR count). The smallest absolute Gasteiger partial charge is 0.125 e. The van der Waals surface area contributed by atoms with Gasteiger partial charge < -0.3 is 11.1 Å². The number of halogens is 3. The van der Waals surface area contributed by atoms with Crippen LogP contribution in [0, 0.1) is 5.82 Å². The third-order valence-electron chi connectivity index (χ3n) is 2.74. The third-order valence-corrected chi connectivity index (χ3v) is 3.30. The van der Waals surface area contributed by atoms with E-state index in [0.29, 0.717) is 22.3 Å². The van der Waals surface area contributed by atoms with E-state index in [1.165, 1.54) is 12.1 Å². The van der Waals surface area contributed by atoms with Gasteiger partial charge in [-0.2, -0.15) is 0 Å². The number of rotatable bonds is 4. The minimum atomic E-state index is -0.303. The molecule has 0 radical (unpaired) electrons. The van der Waals surface area contributed by atoms with Gasteiger partial charge in [0, 0.05) is 22.3 Å². The second-order valence-corrected chi connectivity index (χ2v) is 4.95. The summed E-state index contributed by atoms with van der Waals surface area (Å²) in [6, 6.07) is 11.2. The first-order valence-electron chi connectivity index (χ1n) is 5.77. The van der Waals surface area contributed by atoms with Crippen LogP contribution in [0.5, 0.6) is 0 Å².